The van der Waals surface area contributed by atoms with Crippen molar-refractivity contribution >= 4 is 33.8 Å². The average molecular weight is 292 g/mol. The molecule has 2 heterocycles. The van der Waals surface area contributed by atoms with Crippen molar-refractivity contribution in [1.29, 1.82) is 0 Å². The highest BCUT2D eigenvalue weighted by Gasteiger charge is 2.10. The van der Waals surface area contributed by atoms with Gasteiger partial charge in [-0.1, -0.05) is 0 Å². The monoisotopic (exact) mass is 292 g/mol. The van der Waals surface area contributed by atoms with Gasteiger partial charge in [0.2, 0.25) is 0 Å². The van der Waals surface area contributed by atoms with Gasteiger partial charge in [0, 0.05) is 0 Å². The summed E-state index contributed by atoms with van der Waals surface area (Å²) in [5, 5.41) is 1.83. The van der Waals surface area contributed by atoms with Crippen LogP contribution < -0.4 is 5.56 Å². The van der Waals surface area contributed by atoms with E-state index in [1.54, 1.807) is 13.0 Å². The highest BCUT2D eigenvalue weighted by atomic mass is 32.1. The minimum atomic E-state index is -0.332. The van der Waals surface area contributed by atoms with Crippen LogP contribution in [0.25, 0.3) is 15.9 Å². The molecule has 0 amide bonds. The SMILES string of the molecule is Cc1cc(F)ccc1-n1c(=S)[nH]c2ccsc2c1=O. The second kappa shape index (κ2) is 4.40. The Morgan fingerprint density at radius 2 is 2.16 bits per heavy atom. The highest BCUT2D eigenvalue weighted by molar-refractivity contribution is 7.71. The molecule has 0 saturated carbocycles. The molecule has 0 aliphatic heterocycles. The summed E-state index contributed by atoms with van der Waals surface area (Å²) in [4.78, 5) is 15.5. The summed E-state index contributed by atoms with van der Waals surface area (Å²) in [5.41, 5.74) is 1.82. The van der Waals surface area contributed by atoms with Crippen LogP contribution in [0.1, 0.15) is 5.56 Å². The number of halogens is 1. The van der Waals surface area contributed by atoms with E-state index in [4.69, 9.17) is 12.2 Å². The highest BCUT2D eigenvalue weighted by Crippen LogP contribution is 2.18. The molecule has 6 heteroatoms. The molecule has 1 aromatic carbocycles. The van der Waals surface area contributed by atoms with E-state index in [0.717, 1.165) is 5.52 Å². The van der Waals surface area contributed by atoms with E-state index in [-0.39, 0.29) is 11.4 Å². The van der Waals surface area contributed by atoms with E-state index in [0.29, 0.717) is 20.7 Å². The lowest BCUT2D eigenvalue weighted by atomic mass is 10.2. The molecule has 0 aliphatic rings. The van der Waals surface area contributed by atoms with Crippen molar-refractivity contribution in [2.45, 2.75) is 6.92 Å². The van der Waals surface area contributed by atoms with Gasteiger partial charge in [0.15, 0.2) is 4.77 Å². The van der Waals surface area contributed by atoms with E-state index in [9.17, 15) is 9.18 Å². The summed E-state index contributed by atoms with van der Waals surface area (Å²) in [5.74, 6) is -0.332. The Labute approximate surface area is 117 Å². The second-order valence-electron chi connectivity index (χ2n) is 4.16. The van der Waals surface area contributed by atoms with E-state index < -0.39 is 0 Å². The molecular formula is C13H9FN2OS2. The first-order valence-electron chi connectivity index (χ1n) is 5.57. The number of thiophene rings is 1. The lowest BCUT2D eigenvalue weighted by molar-refractivity contribution is 0.626. The van der Waals surface area contributed by atoms with Crippen molar-refractivity contribution in [2.24, 2.45) is 0 Å². The topological polar surface area (TPSA) is 37.8 Å². The first-order chi connectivity index (χ1) is 9.08. The number of aromatic nitrogens is 2. The van der Waals surface area contributed by atoms with E-state index >= 15 is 0 Å². The second-order valence-corrected chi connectivity index (χ2v) is 5.47. The third-order valence-corrected chi connectivity index (χ3v) is 4.09. The van der Waals surface area contributed by atoms with Gasteiger partial charge in [-0.2, -0.15) is 0 Å². The van der Waals surface area contributed by atoms with Crippen LogP contribution in [0, 0.1) is 17.5 Å². The van der Waals surface area contributed by atoms with Crippen molar-refractivity contribution in [3.8, 4) is 5.69 Å². The Balaban J connectivity index is 2.42. The van der Waals surface area contributed by atoms with Crippen LogP contribution in [0.4, 0.5) is 4.39 Å². The fourth-order valence-corrected chi connectivity index (χ4v) is 3.10. The van der Waals surface area contributed by atoms with Crippen molar-refractivity contribution in [3.63, 3.8) is 0 Å². The van der Waals surface area contributed by atoms with E-state index in [1.807, 2.05) is 11.4 Å². The third kappa shape index (κ3) is 1.93. The van der Waals surface area contributed by atoms with Crippen LogP contribution in [-0.4, -0.2) is 9.55 Å². The Morgan fingerprint density at radius 3 is 2.89 bits per heavy atom. The number of aryl methyl sites for hydroxylation is 1. The molecule has 19 heavy (non-hydrogen) atoms. The normalized spacial score (nSPS) is 11.1. The zero-order chi connectivity index (χ0) is 13.6. The zero-order valence-electron chi connectivity index (χ0n) is 9.94. The molecule has 0 radical (unpaired) electrons. The number of benzene rings is 1. The Hall–Kier alpha value is -1.79. The molecule has 0 saturated heterocycles. The molecule has 0 spiro atoms. The maximum Gasteiger partial charge on any atom is 0.276 e. The summed E-state index contributed by atoms with van der Waals surface area (Å²) >= 11 is 6.58. The number of hydrogen-bond donors (Lipinski definition) is 1. The smallest absolute Gasteiger partial charge is 0.276 e. The summed E-state index contributed by atoms with van der Waals surface area (Å²) in [6, 6.07) is 6.09. The molecule has 1 N–H and O–H groups in total. The maximum absolute atomic E-state index is 13.1. The summed E-state index contributed by atoms with van der Waals surface area (Å²) in [7, 11) is 0. The van der Waals surface area contributed by atoms with Gasteiger partial charge in [0.25, 0.3) is 5.56 Å². The maximum atomic E-state index is 13.1. The van der Waals surface area contributed by atoms with Gasteiger partial charge in [0.1, 0.15) is 10.5 Å². The minimum Gasteiger partial charge on any atom is -0.331 e. The predicted octanol–water partition coefficient (Wildman–Crippen LogP) is 3.56. The number of nitrogens with zero attached hydrogens (tertiary/aromatic N) is 1. The number of rotatable bonds is 1. The van der Waals surface area contributed by atoms with E-state index in [1.165, 1.54) is 28.0 Å². The fourth-order valence-electron chi connectivity index (χ4n) is 2.03. The van der Waals surface area contributed by atoms with Gasteiger partial charge in [0.05, 0.1) is 11.2 Å². The molecule has 96 valence electrons. The quantitative estimate of drug-likeness (QED) is 0.696. The van der Waals surface area contributed by atoms with Crippen LogP contribution >= 0.6 is 23.6 Å². The van der Waals surface area contributed by atoms with Crippen LogP contribution in [-0.2, 0) is 0 Å². The van der Waals surface area contributed by atoms with Crippen molar-refractivity contribution in [1.82, 2.24) is 9.55 Å². The Kier molecular flexibility index (Phi) is 2.83. The number of fused-ring (bicyclic) bond motifs is 1. The standard InChI is InChI=1S/C13H9FN2OS2/c1-7-6-8(14)2-3-10(7)16-12(17)11-9(4-5-19-11)15-13(16)18/h2-6H,1H3,(H,15,18). The summed E-state index contributed by atoms with van der Waals surface area (Å²) in [6.07, 6.45) is 0. The molecule has 2 aromatic heterocycles. The van der Waals surface area contributed by atoms with Gasteiger partial charge in [-0.05, 0) is 54.4 Å². The molecule has 0 bridgehead atoms. The molecule has 0 atom stereocenters. The van der Waals surface area contributed by atoms with Crippen molar-refractivity contribution in [2.75, 3.05) is 0 Å². The van der Waals surface area contributed by atoms with Crippen LogP contribution in [0.3, 0.4) is 0 Å². The molecule has 3 aromatic rings. The largest absolute Gasteiger partial charge is 0.331 e. The van der Waals surface area contributed by atoms with Gasteiger partial charge < -0.3 is 4.98 Å². The first kappa shape index (κ1) is 12.3. The molecule has 3 rings (SSSR count). The molecule has 0 aliphatic carbocycles. The fraction of sp³-hybridized carbons (Fsp3) is 0.0769. The zero-order valence-corrected chi connectivity index (χ0v) is 11.6. The van der Waals surface area contributed by atoms with Crippen LogP contribution in [0.5, 0.6) is 0 Å². The van der Waals surface area contributed by atoms with Crippen molar-refractivity contribution < 1.29 is 4.39 Å². The van der Waals surface area contributed by atoms with Crippen LogP contribution in [0.15, 0.2) is 34.4 Å². The minimum absolute atomic E-state index is 0.177. The Morgan fingerprint density at radius 1 is 1.37 bits per heavy atom. The number of nitrogens with one attached hydrogen (secondary N) is 1. The number of H-pyrrole nitrogens is 1. The van der Waals surface area contributed by atoms with Gasteiger partial charge in [-0.25, -0.2) is 4.39 Å². The predicted molar refractivity (Wildman–Crippen MR) is 77.3 cm³/mol. The van der Waals surface area contributed by atoms with Gasteiger partial charge in [-0.15, -0.1) is 11.3 Å². The van der Waals surface area contributed by atoms with Crippen LogP contribution in [0.2, 0.25) is 0 Å². The summed E-state index contributed by atoms with van der Waals surface area (Å²) < 4.78 is 15.5. The summed E-state index contributed by atoms with van der Waals surface area (Å²) in [6.45, 7) is 1.75. The first-order valence-corrected chi connectivity index (χ1v) is 6.86. The Bertz CT molecular complexity index is 892. The lowest BCUT2D eigenvalue weighted by Gasteiger charge is -2.09. The number of aromatic amines is 1. The van der Waals surface area contributed by atoms with Gasteiger partial charge in [-0.3, -0.25) is 9.36 Å². The average Bonchev–Trinajstić information content (AvgIpc) is 2.80. The molecule has 0 unspecified atom stereocenters. The molecular weight excluding hydrogens is 283 g/mol. The third-order valence-electron chi connectivity index (χ3n) is 2.91. The lowest BCUT2D eigenvalue weighted by Crippen LogP contribution is -2.20. The van der Waals surface area contributed by atoms with Crippen molar-refractivity contribution in [3.05, 3.63) is 56.2 Å². The van der Waals surface area contributed by atoms with Gasteiger partial charge >= 0.3 is 0 Å². The molecule has 0 fully saturated rings. The molecule has 3 nitrogen and oxygen atoms in total. The van der Waals surface area contributed by atoms with E-state index in [2.05, 4.69) is 4.98 Å². The number of hydrogen-bond acceptors (Lipinski definition) is 3.